The summed E-state index contributed by atoms with van der Waals surface area (Å²) >= 11 is 12.3. The van der Waals surface area contributed by atoms with Crippen LogP contribution in [0, 0.1) is 0 Å². The first-order valence-corrected chi connectivity index (χ1v) is 8.77. The highest BCUT2D eigenvalue weighted by Crippen LogP contribution is 2.29. The van der Waals surface area contributed by atoms with Gasteiger partial charge in [-0.05, 0) is 44.4 Å². The van der Waals surface area contributed by atoms with Crippen LogP contribution in [0.4, 0.5) is 4.79 Å². The highest BCUT2D eigenvalue weighted by atomic mass is 35.5. The molecule has 0 aliphatic carbocycles. The van der Waals surface area contributed by atoms with Gasteiger partial charge in [0.05, 0.1) is 13.0 Å². The Kier molecular flexibility index (Phi) is 6.75. The molecular weight excluding hydrogens is 353 g/mol. The molecule has 0 spiro atoms. The molecular formula is C17H21Cl2NO4. The first kappa shape index (κ1) is 18.9. The first-order valence-electron chi connectivity index (χ1n) is 8.01. The van der Waals surface area contributed by atoms with E-state index in [0.717, 1.165) is 12.8 Å². The fourth-order valence-electron chi connectivity index (χ4n) is 2.88. The minimum Gasteiger partial charge on any atom is -0.435 e. The summed E-state index contributed by atoms with van der Waals surface area (Å²) in [7, 11) is 0. The highest BCUT2D eigenvalue weighted by Gasteiger charge is 2.35. The van der Waals surface area contributed by atoms with Crippen LogP contribution in [-0.2, 0) is 20.7 Å². The molecule has 1 heterocycles. The molecule has 24 heavy (non-hydrogen) atoms. The van der Waals surface area contributed by atoms with Crippen molar-refractivity contribution in [1.82, 2.24) is 4.90 Å². The lowest BCUT2D eigenvalue weighted by molar-refractivity contribution is -0.151. The average Bonchev–Trinajstić information content (AvgIpc) is 2.51. The van der Waals surface area contributed by atoms with Crippen LogP contribution in [0.3, 0.4) is 0 Å². The summed E-state index contributed by atoms with van der Waals surface area (Å²) in [6.07, 6.45) is 0.996. The lowest BCUT2D eigenvalue weighted by atomic mass is 10.0. The number of likely N-dealkylation sites (tertiary alicyclic amines) is 1. The first-order chi connectivity index (χ1) is 11.4. The number of ether oxygens (including phenoxy) is 2. The van der Waals surface area contributed by atoms with Crippen molar-refractivity contribution in [3.8, 4) is 0 Å². The fourth-order valence-corrected chi connectivity index (χ4v) is 3.41. The third kappa shape index (κ3) is 4.54. The van der Waals surface area contributed by atoms with E-state index in [1.807, 2.05) is 6.92 Å². The Morgan fingerprint density at radius 3 is 2.54 bits per heavy atom. The maximum Gasteiger partial charge on any atom is 0.510 e. The summed E-state index contributed by atoms with van der Waals surface area (Å²) in [4.78, 5) is 26.0. The predicted molar refractivity (Wildman–Crippen MR) is 92.2 cm³/mol. The van der Waals surface area contributed by atoms with Crippen LogP contribution in [0.25, 0.3) is 0 Å². The Bertz CT molecular complexity index is 588. The summed E-state index contributed by atoms with van der Waals surface area (Å²) in [5.41, 5.74) is 0.582. The Morgan fingerprint density at radius 1 is 1.25 bits per heavy atom. The number of halogens is 2. The topological polar surface area (TPSA) is 55.8 Å². The molecule has 1 fully saturated rings. The monoisotopic (exact) mass is 373 g/mol. The number of hydrogen-bond acceptors (Lipinski definition) is 4. The predicted octanol–water partition coefficient (Wildman–Crippen LogP) is 4.44. The van der Waals surface area contributed by atoms with E-state index in [-0.39, 0.29) is 25.0 Å². The second-order valence-electron chi connectivity index (χ2n) is 5.71. The minimum atomic E-state index is -0.759. The lowest BCUT2D eigenvalue weighted by Gasteiger charge is -2.39. The van der Waals surface area contributed by atoms with E-state index in [2.05, 4.69) is 0 Å². The largest absolute Gasteiger partial charge is 0.510 e. The van der Waals surface area contributed by atoms with Gasteiger partial charge in [-0.3, -0.25) is 4.79 Å². The number of rotatable bonds is 4. The number of nitrogens with zero attached hydrogens (tertiary/aromatic N) is 1. The molecule has 7 heteroatoms. The van der Waals surface area contributed by atoms with E-state index >= 15 is 0 Å². The summed E-state index contributed by atoms with van der Waals surface area (Å²) in [5, 5.41) is 0.895. The summed E-state index contributed by atoms with van der Waals surface area (Å²) in [5.74, 6) is -0.175. The third-order valence-corrected chi connectivity index (χ3v) is 4.74. The molecule has 1 aromatic carbocycles. The second kappa shape index (κ2) is 8.58. The minimum absolute atomic E-state index is 0.0352. The van der Waals surface area contributed by atoms with Gasteiger partial charge >= 0.3 is 6.16 Å². The SMILES string of the molecule is CCOC(=O)OC1CCCC(C)N1C(=O)Cc1c(Cl)cccc1Cl. The van der Waals surface area contributed by atoms with Crippen molar-refractivity contribution in [3.63, 3.8) is 0 Å². The number of carbonyl (C=O) groups excluding carboxylic acids is 2. The van der Waals surface area contributed by atoms with Gasteiger partial charge in [0.2, 0.25) is 5.91 Å². The Hall–Kier alpha value is -1.46. The molecule has 0 bridgehead atoms. The molecule has 1 amide bonds. The van der Waals surface area contributed by atoms with E-state index in [9.17, 15) is 9.59 Å². The van der Waals surface area contributed by atoms with Gasteiger partial charge < -0.3 is 14.4 Å². The van der Waals surface area contributed by atoms with Crippen LogP contribution in [-0.4, -0.2) is 35.8 Å². The zero-order chi connectivity index (χ0) is 17.7. The molecule has 0 N–H and O–H groups in total. The number of piperidine rings is 1. The number of carbonyl (C=O) groups is 2. The van der Waals surface area contributed by atoms with Crippen LogP contribution in [0.2, 0.25) is 10.0 Å². The molecule has 5 nitrogen and oxygen atoms in total. The summed E-state index contributed by atoms with van der Waals surface area (Å²) < 4.78 is 10.1. The van der Waals surface area contributed by atoms with Gasteiger partial charge in [-0.25, -0.2) is 4.79 Å². The average molecular weight is 374 g/mol. The normalized spacial score (nSPS) is 20.6. The Morgan fingerprint density at radius 2 is 1.92 bits per heavy atom. The van der Waals surface area contributed by atoms with Gasteiger partial charge in [-0.2, -0.15) is 0 Å². The maximum atomic E-state index is 12.8. The molecule has 1 aliphatic heterocycles. The van der Waals surface area contributed by atoms with Crippen molar-refractivity contribution in [1.29, 1.82) is 0 Å². The zero-order valence-electron chi connectivity index (χ0n) is 13.8. The molecule has 1 aromatic rings. The molecule has 0 aromatic heterocycles. The van der Waals surface area contributed by atoms with Crippen LogP contribution in [0.15, 0.2) is 18.2 Å². The Balaban J connectivity index is 2.15. The maximum absolute atomic E-state index is 12.8. The molecule has 1 aliphatic rings. The fraction of sp³-hybridized carbons (Fsp3) is 0.529. The molecule has 2 atom stereocenters. The van der Waals surface area contributed by atoms with Gasteiger partial charge in [-0.15, -0.1) is 0 Å². The summed E-state index contributed by atoms with van der Waals surface area (Å²) in [6.45, 7) is 3.87. The second-order valence-corrected chi connectivity index (χ2v) is 6.53. The number of benzene rings is 1. The smallest absolute Gasteiger partial charge is 0.435 e. The van der Waals surface area contributed by atoms with Gasteiger partial charge in [0.25, 0.3) is 0 Å². The standard InChI is InChI=1S/C17H21Cl2NO4/c1-3-23-17(22)24-16-9-4-6-11(2)20(16)15(21)10-12-13(18)7-5-8-14(12)19/h5,7-8,11,16H,3-4,6,9-10H2,1-2H3. The molecule has 2 rings (SSSR count). The van der Waals surface area contributed by atoms with Gasteiger partial charge in [0, 0.05) is 22.5 Å². The van der Waals surface area contributed by atoms with Crippen molar-refractivity contribution in [3.05, 3.63) is 33.8 Å². The van der Waals surface area contributed by atoms with Crippen molar-refractivity contribution >= 4 is 35.3 Å². The quantitative estimate of drug-likeness (QED) is 0.732. The van der Waals surface area contributed by atoms with E-state index in [4.69, 9.17) is 32.7 Å². The van der Waals surface area contributed by atoms with Crippen molar-refractivity contribution in [2.45, 2.75) is 51.8 Å². The molecule has 2 unspecified atom stereocenters. The Labute approximate surface area is 151 Å². The lowest BCUT2D eigenvalue weighted by Crippen LogP contribution is -2.51. The van der Waals surface area contributed by atoms with Gasteiger partial charge in [-0.1, -0.05) is 29.3 Å². The van der Waals surface area contributed by atoms with Crippen molar-refractivity contribution < 1.29 is 19.1 Å². The van der Waals surface area contributed by atoms with E-state index < -0.39 is 12.4 Å². The van der Waals surface area contributed by atoms with Crippen LogP contribution >= 0.6 is 23.2 Å². The number of amides is 1. The van der Waals surface area contributed by atoms with Crippen LogP contribution in [0.5, 0.6) is 0 Å². The summed E-state index contributed by atoms with van der Waals surface area (Å²) in [6, 6.07) is 5.09. The van der Waals surface area contributed by atoms with Gasteiger partial charge in [0.1, 0.15) is 0 Å². The van der Waals surface area contributed by atoms with Crippen molar-refractivity contribution in [2.24, 2.45) is 0 Å². The van der Waals surface area contributed by atoms with Crippen LogP contribution in [0.1, 0.15) is 38.7 Å². The van der Waals surface area contributed by atoms with Crippen LogP contribution < -0.4 is 0 Å². The molecule has 132 valence electrons. The third-order valence-electron chi connectivity index (χ3n) is 4.03. The van der Waals surface area contributed by atoms with E-state index in [1.54, 1.807) is 30.0 Å². The molecule has 0 saturated carbocycles. The molecule has 0 radical (unpaired) electrons. The number of hydrogen-bond donors (Lipinski definition) is 0. The zero-order valence-corrected chi connectivity index (χ0v) is 15.3. The van der Waals surface area contributed by atoms with Gasteiger partial charge in [0.15, 0.2) is 6.23 Å². The van der Waals surface area contributed by atoms with Crippen molar-refractivity contribution in [2.75, 3.05) is 6.61 Å². The highest BCUT2D eigenvalue weighted by molar-refractivity contribution is 6.36. The molecule has 1 saturated heterocycles. The van der Waals surface area contributed by atoms with E-state index in [0.29, 0.717) is 22.0 Å². The van der Waals surface area contributed by atoms with E-state index in [1.165, 1.54) is 0 Å².